The summed E-state index contributed by atoms with van der Waals surface area (Å²) in [5.74, 6) is 0.264. The molecule has 0 unspecified atom stereocenters. The van der Waals surface area contributed by atoms with Gasteiger partial charge in [-0.05, 0) is 23.3 Å². The molecule has 0 saturated carbocycles. The van der Waals surface area contributed by atoms with Gasteiger partial charge in [-0.25, -0.2) is 0 Å². The van der Waals surface area contributed by atoms with Crippen LogP contribution in [0.5, 0.6) is 0 Å². The maximum absolute atomic E-state index is 10.8. The van der Waals surface area contributed by atoms with Gasteiger partial charge in [0.15, 0.2) is 0 Å². The zero-order chi connectivity index (χ0) is 12.9. The molecule has 0 heterocycles. The molecule has 0 aliphatic carbocycles. The lowest BCUT2D eigenvalue weighted by molar-refractivity contribution is -0.108. The van der Waals surface area contributed by atoms with Gasteiger partial charge in [-0.1, -0.05) is 63.3 Å². The van der Waals surface area contributed by atoms with Gasteiger partial charge in [0.2, 0.25) is 0 Å². The van der Waals surface area contributed by atoms with E-state index in [1.807, 2.05) is 18.2 Å². The summed E-state index contributed by atoms with van der Waals surface area (Å²) in [4.78, 5) is 10.8. The number of benzene rings is 1. The summed E-state index contributed by atoms with van der Waals surface area (Å²) in [5, 5.41) is 0. The Morgan fingerprint density at radius 3 is 2.35 bits per heavy atom. The smallest absolute Gasteiger partial charge is 0.120 e. The molecular weight excluding hydrogens is 208 g/mol. The molecule has 1 aromatic carbocycles. The Hall–Kier alpha value is -1.37. The van der Waals surface area contributed by atoms with Crippen molar-refractivity contribution >= 4 is 6.29 Å². The molecule has 1 atom stereocenters. The van der Waals surface area contributed by atoms with Gasteiger partial charge in [-0.15, -0.1) is 0 Å². The summed E-state index contributed by atoms with van der Waals surface area (Å²) in [5.41, 5.74) is 2.54. The van der Waals surface area contributed by atoms with E-state index in [-0.39, 0.29) is 11.3 Å². The molecular formula is C16H22O. The zero-order valence-electron chi connectivity index (χ0n) is 11.1. The Kier molecular flexibility index (Phi) is 4.68. The van der Waals surface area contributed by atoms with Crippen molar-refractivity contribution in [2.45, 2.75) is 39.5 Å². The first-order valence-electron chi connectivity index (χ1n) is 6.12. The lowest BCUT2D eigenvalue weighted by atomic mass is 9.79. The van der Waals surface area contributed by atoms with Gasteiger partial charge in [-0.3, -0.25) is 0 Å². The maximum Gasteiger partial charge on any atom is 0.120 e. The molecule has 1 nitrogen and oxygen atoms in total. The minimum Gasteiger partial charge on any atom is -0.303 e. The number of carbonyl (C=O) groups excluding carboxylic acids is 1. The molecule has 0 amide bonds. The van der Waals surface area contributed by atoms with Crippen LogP contribution in [0.25, 0.3) is 0 Å². The fourth-order valence-corrected chi connectivity index (χ4v) is 1.78. The van der Waals surface area contributed by atoms with Crippen molar-refractivity contribution in [1.29, 1.82) is 0 Å². The molecule has 0 fully saturated rings. The van der Waals surface area contributed by atoms with Crippen molar-refractivity contribution in [3.8, 4) is 0 Å². The predicted octanol–water partition coefficient (Wildman–Crippen LogP) is 4.35. The quantitative estimate of drug-likeness (QED) is 0.543. The molecule has 92 valence electrons. The maximum atomic E-state index is 10.8. The second-order valence-electron chi connectivity index (χ2n) is 5.57. The third-order valence-electron chi connectivity index (χ3n) is 3.21. The second kappa shape index (κ2) is 5.81. The third kappa shape index (κ3) is 4.18. The van der Waals surface area contributed by atoms with Crippen molar-refractivity contribution in [2.75, 3.05) is 0 Å². The summed E-state index contributed by atoms with van der Waals surface area (Å²) in [6, 6.07) is 10.2. The van der Waals surface area contributed by atoms with Crippen LogP contribution in [0.1, 0.15) is 45.1 Å². The van der Waals surface area contributed by atoms with E-state index in [2.05, 4.69) is 39.5 Å². The molecule has 17 heavy (non-hydrogen) atoms. The first kappa shape index (κ1) is 13.7. The normalized spacial score (nSPS) is 13.1. The standard InChI is InChI=1S/C16H22O/c1-13(16(2,3)4)12-15(10-11-17)14-8-6-5-7-9-14/h5-9,11,15H,1,10,12H2,2-4H3/t15-/m1/s1. The molecule has 1 heteroatoms. The van der Waals surface area contributed by atoms with E-state index in [1.165, 1.54) is 11.1 Å². The van der Waals surface area contributed by atoms with Crippen molar-refractivity contribution in [3.63, 3.8) is 0 Å². The first-order valence-corrected chi connectivity index (χ1v) is 6.12. The van der Waals surface area contributed by atoms with Crippen LogP contribution in [0.3, 0.4) is 0 Å². The highest BCUT2D eigenvalue weighted by atomic mass is 16.1. The van der Waals surface area contributed by atoms with Crippen molar-refractivity contribution in [1.82, 2.24) is 0 Å². The number of aldehydes is 1. The SMILES string of the molecule is C=C(C[C@@H](CC=O)c1ccccc1)C(C)(C)C. The minimum atomic E-state index is 0.107. The average molecular weight is 230 g/mol. The van der Waals surface area contributed by atoms with Crippen molar-refractivity contribution < 1.29 is 4.79 Å². The number of carbonyl (C=O) groups is 1. The van der Waals surface area contributed by atoms with E-state index in [0.717, 1.165) is 12.7 Å². The summed E-state index contributed by atoms with van der Waals surface area (Å²) < 4.78 is 0. The minimum absolute atomic E-state index is 0.107. The number of hydrogen-bond acceptors (Lipinski definition) is 1. The van der Waals surface area contributed by atoms with Crippen LogP contribution in [0, 0.1) is 5.41 Å². The highest BCUT2D eigenvalue weighted by Crippen LogP contribution is 2.34. The van der Waals surface area contributed by atoms with Gasteiger partial charge in [0.25, 0.3) is 0 Å². The molecule has 1 aromatic rings. The molecule has 0 radical (unpaired) electrons. The summed E-state index contributed by atoms with van der Waals surface area (Å²) in [6.45, 7) is 10.7. The molecule has 0 aliphatic heterocycles. The first-order chi connectivity index (χ1) is 7.95. The van der Waals surface area contributed by atoms with Crippen LogP contribution in [0.4, 0.5) is 0 Å². The Morgan fingerprint density at radius 1 is 1.29 bits per heavy atom. The number of rotatable bonds is 5. The predicted molar refractivity (Wildman–Crippen MR) is 73.1 cm³/mol. The lowest BCUT2D eigenvalue weighted by Gasteiger charge is -2.25. The van der Waals surface area contributed by atoms with E-state index in [0.29, 0.717) is 6.42 Å². The van der Waals surface area contributed by atoms with Gasteiger partial charge < -0.3 is 4.79 Å². The average Bonchev–Trinajstić information content (AvgIpc) is 2.28. The fraction of sp³-hybridized carbons (Fsp3) is 0.438. The van der Waals surface area contributed by atoms with Crippen LogP contribution >= 0.6 is 0 Å². The van der Waals surface area contributed by atoms with Crippen LogP contribution in [-0.4, -0.2) is 6.29 Å². The highest BCUT2D eigenvalue weighted by Gasteiger charge is 2.20. The van der Waals surface area contributed by atoms with E-state index < -0.39 is 0 Å². The Labute approximate surface area is 105 Å². The van der Waals surface area contributed by atoms with E-state index in [4.69, 9.17) is 0 Å². The molecule has 0 N–H and O–H groups in total. The molecule has 0 aliphatic rings. The largest absolute Gasteiger partial charge is 0.303 e. The summed E-state index contributed by atoms with van der Waals surface area (Å²) in [6.07, 6.45) is 2.46. The van der Waals surface area contributed by atoms with Crippen molar-refractivity contribution in [2.24, 2.45) is 5.41 Å². The van der Waals surface area contributed by atoms with Crippen molar-refractivity contribution in [3.05, 3.63) is 48.0 Å². The zero-order valence-corrected chi connectivity index (χ0v) is 11.1. The monoisotopic (exact) mass is 230 g/mol. The lowest BCUT2D eigenvalue weighted by Crippen LogP contribution is -2.12. The molecule has 1 rings (SSSR count). The van der Waals surface area contributed by atoms with Crippen LogP contribution in [0.2, 0.25) is 0 Å². The number of hydrogen-bond donors (Lipinski definition) is 0. The number of allylic oxidation sites excluding steroid dienone is 1. The molecule has 0 bridgehead atoms. The van der Waals surface area contributed by atoms with Crippen LogP contribution < -0.4 is 0 Å². The Morgan fingerprint density at radius 2 is 1.88 bits per heavy atom. The highest BCUT2D eigenvalue weighted by molar-refractivity contribution is 5.52. The van der Waals surface area contributed by atoms with Gasteiger partial charge in [0.05, 0.1) is 0 Å². The summed E-state index contributed by atoms with van der Waals surface area (Å²) >= 11 is 0. The van der Waals surface area contributed by atoms with E-state index >= 15 is 0 Å². The van der Waals surface area contributed by atoms with Gasteiger partial charge in [0, 0.05) is 6.42 Å². The third-order valence-corrected chi connectivity index (χ3v) is 3.21. The second-order valence-corrected chi connectivity index (χ2v) is 5.57. The van der Waals surface area contributed by atoms with Crippen LogP contribution in [-0.2, 0) is 4.79 Å². The molecule has 0 spiro atoms. The van der Waals surface area contributed by atoms with E-state index in [9.17, 15) is 4.79 Å². The Bertz CT molecular complexity index is 370. The van der Waals surface area contributed by atoms with E-state index in [1.54, 1.807) is 0 Å². The topological polar surface area (TPSA) is 17.1 Å². The van der Waals surface area contributed by atoms with Gasteiger partial charge >= 0.3 is 0 Å². The summed E-state index contributed by atoms with van der Waals surface area (Å²) in [7, 11) is 0. The Balaban J connectivity index is 2.81. The fourth-order valence-electron chi connectivity index (χ4n) is 1.78. The van der Waals surface area contributed by atoms with Gasteiger partial charge in [-0.2, -0.15) is 0 Å². The van der Waals surface area contributed by atoms with Crippen LogP contribution in [0.15, 0.2) is 42.5 Å². The molecule has 0 saturated heterocycles. The molecule has 0 aromatic heterocycles. The van der Waals surface area contributed by atoms with Gasteiger partial charge in [0.1, 0.15) is 6.29 Å².